The largest absolute Gasteiger partial charge is 0.480 e. The van der Waals surface area contributed by atoms with Crippen molar-refractivity contribution < 1.29 is 14.3 Å². The van der Waals surface area contributed by atoms with Gasteiger partial charge in [0.2, 0.25) is 17.7 Å². The number of carbonyl (C=O) groups excluding carboxylic acids is 1. The van der Waals surface area contributed by atoms with E-state index in [1.165, 1.54) is 6.33 Å². The van der Waals surface area contributed by atoms with E-state index in [1.54, 1.807) is 20.4 Å². The van der Waals surface area contributed by atoms with E-state index in [9.17, 15) is 4.79 Å². The summed E-state index contributed by atoms with van der Waals surface area (Å²) in [6.45, 7) is 0.926. The summed E-state index contributed by atoms with van der Waals surface area (Å²) in [6.07, 6.45) is 4.08. The highest BCUT2D eigenvalue weighted by atomic mass is 16.5. The summed E-state index contributed by atoms with van der Waals surface area (Å²) in [6, 6.07) is 3.87. The van der Waals surface area contributed by atoms with Crippen LogP contribution >= 0.6 is 0 Å². The van der Waals surface area contributed by atoms with Gasteiger partial charge in [-0.2, -0.15) is 0 Å². The SMILES string of the molecule is COc1ncnc(OC)c1-c1cc2cc(NC(=O)[C@H]3C[C@@H]3CN(C)C)ncc2n1C. The van der Waals surface area contributed by atoms with Crippen LogP contribution in [0.25, 0.3) is 22.2 Å². The normalized spacial score (nSPS) is 17.9. The van der Waals surface area contributed by atoms with E-state index in [0.717, 1.165) is 29.6 Å². The van der Waals surface area contributed by atoms with Gasteiger partial charge < -0.3 is 24.3 Å². The van der Waals surface area contributed by atoms with Crippen molar-refractivity contribution in [2.45, 2.75) is 6.42 Å². The Labute approximate surface area is 175 Å². The van der Waals surface area contributed by atoms with Gasteiger partial charge in [0.15, 0.2) is 0 Å². The molecule has 0 aromatic carbocycles. The maximum atomic E-state index is 12.5. The predicted molar refractivity (Wildman–Crippen MR) is 114 cm³/mol. The van der Waals surface area contributed by atoms with Crippen LogP contribution in [0.1, 0.15) is 6.42 Å². The molecule has 1 aliphatic carbocycles. The average molecular weight is 410 g/mol. The van der Waals surface area contributed by atoms with Gasteiger partial charge in [-0.25, -0.2) is 15.0 Å². The highest BCUT2D eigenvalue weighted by Gasteiger charge is 2.43. The first-order chi connectivity index (χ1) is 14.4. The topological polar surface area (TPSA) is 94.4 Å². The lowest BCUT2D eigenvalue weighted by Crippen LogP contribution is -2.20. The number of ether oxygens (including phenoxy) is 2. The van der Waals surface area contributed by atoms with Gasteiger partial charge in [-0.15, -0.1) is 0 Å². The Bertz CT molecular complexity index is 1070. The molecular formula is C21H26N6O3. The van der Waals surface area contributed by atoms with Gasteiger partial charge in [0.05, 0.1) is 31.6 Å². The summed E-state index contributed by atoms with van der Waals surface area (Å²) >= 11 is 0. The molecule has 30 heavy (non-hydrogen) atoms. The van der Waals surface area contributed by atoms with E-state index in [4.69, 9.17) is 9.47 Å². The highest BCUT2D eigenvalue weighted by molar-refractivity contribution is 5.96. The quantitative estimate of drug-likeness (QED) is 0.638. The lowest BCUT2D eigenvalue weighted by Gasteiger charge is -2.11. The number of methoxy groups -OCH3 is 2. The second-order valence-corrected chi connectivity index (χ2v) is 7.84. The summed E-state index contributed by atoms with van der Waals surface area (Å²) in [7, 11) is 9.10. The van der Waals surface area contributed by atoms with Crippen LogP contribution in [0, 0.1) is 11.8 Å². The van der Waals surface area contributed by atoms with Gasteiger partial charge >= 0.3 is 0 Å². The van der Waals surface area contributed by atoms with Crippen LogP contribution in [0.5, 0.6) is 11.8 Å². The smallest absolute Gasteiger partial charge is 0.229 e. The van der Waals surface area contributed by atoms with Crippen LogP contribution in [-0.2, 0) is 11.8 Å². The minimum absolute atomic E-state index is 0.0321. The summed E-state index contributed by atoms with van der Waals surface area (Å²) < 4.78 is 12.8. The van der Waals surface area contributed by atoms with Crippen LogP contribution < -0.4 is 14.8 Å². The van der Waals surface area contributed by atoms with Crippen LogP contribution in [-0.4, -0.2) is 65.2 Å². The Morgan fingerprint density at radius 2 is 1.90 bits per heavy atom. The van der Waals surface area contributed by atoms with Crippen molar-refractivity contribution >= 4 is 22.6 Å². The Morgan fingerprint density at radius 3 is 2.53 bits per heavy atom. The number of nitrogens with zero attached hydrogens (tertiary/aromatic N) is 5. The molecule has 1 N–H and O–H groups in total. The molecule has 3 aromatic rings. The Hall–Kier alpha value is -3.20. The van der Waals surface area contributed by atoms with E-state index < -0.39 is 0 Å². The van der Waals surface area contributed by atoms with E-state index in [-0.39, 0.29) is 11.8 Å². The molecule has 0 unspecified atom stereocenters. The molecule has 9 nitrogen and oxygen atoms in total. The zero-order valence-electron chi connectivity index (χ0n) is 17.8. The van der Waals surface area contributed by atoms with Crippen molar-refractivity contribution in [1.82, 2.24) is 24.4 Å². The summed E-state index contributed by atoms with van der Waals surface area (Å²) in [4.78, 5) is 27.5. The molecule has 1 aliphatic rings. The first kappa shape index (κ1) is 20.1. The lowest BCUT2D eigenvalue weighted by atomic mass is 10.2. The zero-order chi connectivity index (χ0) is 21.4. The molecule has 158 valence electrons. The summed E-state index contributed by atoms with van der Waals surface area (Å²) in [5, 5.41) is 3.90. The first-order valence-corrected chi connectivity index (χ1v) is 9.77. The molecule has 1 fully saturated rings. The van der Waals surface area contributed by atoms with Crippen molar-refractivity contribution in [2.24, 2.45) is 18.9 Å². The minimum atomic E-state index is 0.0321. The lowest BCUT2D eigenvalue weighted by molar-refractivity contribution is -0.117. The standard InChI is InChI=1S/C21H26N6O3/c1-26(2)10-13-6-14(13)19(28)25-17-8-12-7-15(27(3)16(12)9-22-17)18-20(29-4)23-11-24-21(18)30-5/h7-9,11,13-14H,6,10H2,1-5H3,(H,22,25,28)/t13-,14+/m1/s1. The van der Waals surface area contributed by atoms with Crippen LogP contribution in [0.3, 0.4) is 0 Å². The minimum Gasteiger partial charge on any atom is -0.480 e. The van der Waals surface area contributed by atoms with Gasteiger partial charge in [-0.1, -0.05) is 0 Å². The maximum Gasteiger partial charge on any atom is 0.229 e. The molecule has 0 radical (unpaired) electrons. The number of hydrogen-bond acceptors (Lipinski definition) is 7. The van der Waals surface area contributed by atoms with Crippen LogP contribution in [0.15, 0.2) is 24.7 Å². The van der Waals surface area contributed by atoms with Gasteiger partial charge in [-0.05, 0) is 38.6 Å². The zero-order valence-corrected chi connectivity index (χ0v) is 17.8. The number of pyridine rings is 1. The Morgan fingerprint density at radius 1 is 1.20 bits per heavy atom. The van der Waals surface area contributed by atoms with Crippen molar-refractivity contribution in [3.05, 3.63) is 24.7 Å². The third-order valence-electron chi connectivity index (χ3n) is 5.46. The molecule has 2 atom stereocenters. The Kier molecular flexibility index (Phi) is 5.29. The third kappa shape index (κ3) is 3.68. The fourth-order valence-electron chi connectivity index (χ4n) is 3.88. The van der Waals surface area contributed by atoms with Crippen molar-refractivity contribution in [1.29, 1.82) is 0 Å². The average Bonchev–Trinajstić information content (AvgIpc) is 3.42. The predicted octanol–water partition coefficient (Wildman–Crippen LogP) is 2.18. The molecule has 9 heteroatoms. The fraction of sp³-hybridized carbons (Fsp3) is 0.429. The van der Waals surface area contributed by atoms with E-state index in [0.29, 0.717) is 29.1 Å². The molecule has 3 heterocycles. The summed E-state index contributed by atoms with van der Waals surface area (Å²) in [5.41, 5.74) is 2.40. The summed E-state index contributed by atoms with van der Waals surface area (Å²) in [5.74, 6) is 1.91. The van der Waals surface area contributed by atoms with Crippen LogP contribution in [0.4, 0.5) is 5.82 Å². The molecule has 0 spiro atoms. The fourth-order valence-corrected chi connectivity index (χ4v) is 3.88. The van der Waals surface area contributed by atoms with E-state index in [1.807, 2.05) is 37.8 Å². The number of fused-ring (bicyclic) bond motifs is 1. The number of hydrogen-bond donors (Lipinski definition) is 1. The number of nitrogens with one attached hydrogen (secondary N) is 1. The van der Waals surface area contributed by atoms with Gasteiger partial charge in [0.25, 0.3) is 0 Å². The third-order valence-corrected chi connectivity index (χ3v) is 5.46. The molecule has 0 aliphatic heterocycles. The second kappa shape index (κ2) is 7.91. The monoisotopic (exact) mass is 410 g/mol. The number of amides is 1. The number of anilines is 1. The maximum absolute atomic E-state index is 12.5. The van der Waals surface area contributed by atoms with Crippen molar-refractivity contribution in [2.75, 3.05) is 40.2 Å². The second-order valence-electron chi connectivity index (χ2n) is 7.84. The van der Waals surface area contributed by atoms with Crippen molar-refractivity contribution in [3.63, 3.8) is 0 Å². The number of carbonyl (C=O) groups is 1. The van der Waals surface area contributed by atoms with Gasteiger partial charge in [0, 0.05) is 24.9 Å². The number of aryl methyl sites for hydroxylation is 1. The molecular weight excluding hydrogens is 384 g/mol. The first-order valence-electron chi connectivity index (χ1n) is 9.77. The number of aromatic nitrogens is 4. The molecule has 4 rings (SSSR count). The Balaban J connectivity index is 1.63. The molecule has 0 bridgehead atoms. The van der Waals surface area contributed by atoms with Gasteiger partial charge in [0.1, 0.15) is 17.7 Å². The molecule has 0 saturated heterocycles. The van der Waals surface area contributed by atoms with E-state index >= 15 is 0 Å². The van der Waals surface area contributed by atoms with Gasteiger partial charge in [-0.3, -0.25) is 4.79 Å². The number of rotatable bonds is 7. The van der Waals surface area contributed by atoms with E-state index in [2.05, 4.69) is 25.2 Å². The molecule has 3 aromatic heterocycles. The molecule has 1 saturated carbocycles. The molecule has 1 amide bonds. The van der Waals surface area contributed by atoms with Crippen molar-refractivity contribution in [3.8, 4) is 23.0 Å². The van der Waals surface area contributed by atoms with Crippen LogP contribution in [0.2, 0.25) is 0 Å². The highest BCUT2D eigenvalue weighted by Crippen LogP contribution is 2.40.